The van der Waals surface area contributed by atoms with E-state index in [2.05, 4.69) is 5.32 Å². The van der Waals surface area contributed by atoms with Crippen LogP contribution in [0.4, 0.5) is 0 Å². The molecule has 6 nitrogen and oxygen atoms in total. The van der Waals surface area contributed by atoms with Gasteiger partial charge in [0.15, 0.2) is 0 Å². The van der Waals surface area contributed by atoms with E-state index in [1.807, 2.05) is 32.0 Å². The molecule has 3 atom stereocenters. The van der Waals surface area contributed by atoms with Crippen molar-refractivity contribution in [3.8, 4) is 0 Å². The Morgan fingerprint density at radius 1 is 1.09 bits per heavy atom. The Bertz CT molecular complexity index is 1070. The minimum absolute atomic E-state index is 0.0394. The number of nitrogens with one attached hydrogen (secondary N) is 1. The highest BCUT2D eigenvalue weighted by Gasteiger charge is 2.51. The summed E-state index contributed by atoms with van der Waals surface area (Å²) in [6.45, 7) is 4.60. The van der Waals surface area contributed by atoms with Crippen molar-refractivity contribution in [1.82, 2.24) is 10.2 Å². The van der Waals surface area contributed by atoms with Gasteiger partial charge in [-0.05, 0) is 42.7 Å². The van der Waals surface area contributed by atoms with Gasteiger partial charge in [0.2, 0.25) is 5.91 Å². The summed E-state index contributed by atoms with van der Waals surface area (Å²) in [6, 6.07) is 15.7. The number of rotatable bonds is 4. The van der Waals surface area contributed by atoms with Gasteiger partial charge in [-0.2, -0.15) is 0 Å². The Labute approximate surface area is 205 Å². The molecule has 0 spiro atoms. The topological polar surface area (TPSA) is 86.7 Å². The lowest BCUT2D eigenvalue weighted by Gasteiger charge is -2.51. The van der Waals surface area contributed by atoms with Gasteiger partial charge in [-0.3, -0.25) is 14.4 Å². The number of Topliss-reactive ketones (excluding diaryl/α,β-unsaturated/α-hetero) is 1. The van der Waals surface area contributed by atoms with Gasteiger partial charge >= 0.3 is 0 Å². The maximum atomic E-state index is 13.6. The molecule has 4 rings (SSSR count). The Kier molecular flexibility index (Phi) is 6.83. The summed E-state index contributed by atoms with van der Waals surface area (Å²) in [5, 5.41) is 15.2. The molecule has 2 aromatic carbocycles. The summed E-state index contributed by atoms with van der Waals surface area (Å²) in [5.74, 6) is -0.949. The van der Waals surface area contributed by atoms with Gasteiger partial charge < -0.3 is 15.3 Å². The number of amides is 2. The molecule has 1 aliphatic carbocycles. The van der Waals surface area contributed by atoms with Gasteiger partial charge in [0.25, 0.3) is 5.91 Å². The average molecular weight is 483 g/mol. The van der Waals surface area contributed by atoms with Crippen LogP contribution in [0, 0.1) is 11.3 Å². The fourth-order valence-electron chi connectivity index (χ4n) is 5.29. The molecule has 1 aliphatic heterocycles. The van der Waals surface area contributed by atoms with Gasteiger partial charge in [-0.25, -0.2) is 0 Å². The van der Waals surface area contributed by atoms with Crippen LogP contribution in [0.25, 0.3) is 0 Å². The molecule has 2 amide bonds. The number of ketones is 1. The first kappa shape index (κ1) is 24.4. The quantitative estimate of drug-likeness (QED) is 0.690. The predicted octanol–water partition coefficient (Wildman–Crippen LogP) is 3.95. The van der Waals surface area contributed by atoms with E-state index in [0.717, 1.165) is 5.56 Å². The molecular formula is C27H31ClN2O4. The van der Waals surface area contributed by atoms with Crippen LogP contribution in [0.2, 0.25) is 5.02 Å². The van der Waals surface area contributed by atoms with E-state index in [4.69, 9.17) is 11.6 Å². The van der Waals surface area contributed by atoms with Crippen molar-refractivity contribution in [2.45, 2.75) is 51.2 Å². The standard InChI is InChI=1S/C27H31ClN2O4/c1-26(2)17-30(15-14-27(26,34)19-8-10-20(28)11-9-19)25(33)22-16-21(31)12-13-23(22)29-24(32)18-6-4-3-5-7-18/h3-11,22-23,34H,12-17H2,1-2H3,(H,29,32). The Morgan fingerprint density at radius 2 is 1.76 bits per heavy atom. The van der Waals surface area contributed by atoms with Crippen LogP contribution in [0.1, 0.15) is 55.5 Å². The van der Waals surface area contributed by atoms with Crippen LogP contribution in [0.15, 0.2) is 54.6 Å². The molecule has 180 valence electrons. The second-order valence-corrected chi connectivity index (χ2v) is 10.5. The van der Waals surface area contributed by atoms with Crippen LogP contribution < -0.4 is 5.32 Å². The molecular weight excluding hydrogens is 452 g/mol. The molecule has 2 aliphatic rings. The van der Waals surface area contributed by atoms with E-state index in [-0.39, 0.29) is 24.0 Å². The number of hydrogen-bond donors (Lipinski definition) is 2. The first-order valence-electron chi connectivity index (χ1n) is 11.8. The lowest BCUT2D eigenvalue weighted by atomic mass is 9.66. The number of hydrogen-bond acceptors (Lipinski definition) is 4. The largest absolute Gasteiger partial charge is 0.384 e. The zero-order valence-electron chi connectivity index (χ0n) is 19.6. The Morgan fingerprint density at radius 3 is 2.41 bits per heavy atom. The second-order valence-electron chi connectivity index (χ2n) is 10.1. The van der Waals surface area contributed by atoms with E-state index in [1.165, 1.54) is 0 Å². The lowest BCUT2D eigenvalue weighted by Crippen LogP contribution is -2.59. The van der Waals surface area contributed by atoms with Gasteiger partial charge in [-0.1, -0.05) is 55.8 Å². The normalized spacial score (nSPS) is 26.7. The van der Waals surface area contributed by atoms with Gasteiger partial charge in [-0.15, -0.1) is 0 Å². The first-order valence-corrected chi connectivity index (χ1v) is 12.1. The third-order valence-electron chi connectivity index (χ3n) is 7.42. The van der Waals surface area contributed by atoms with Crippen molar-refractivity contribution < 1.29 is 19.5 Å². The van der Waals surface area contributed by atoms with Crippen LogP contribution in [0.3, 0.4) is 0 Å². The van der Waals surface area contributed by atoms with Crippen LogP contribution in [-0.4, -0.2) is 46.7 Å². The number of aliphatic hydroxyl groups is 1. The van der Waals surface area contributed by atoms with Crippen LogP contribution in [0.5, 0.6) is 0 Å². The average Bonchev–Trinajstić information content (AvgIpc) is 2.82. The van der Waals surface area contributed by atoms with E-state index in [0.29, 0.717) is 42.9 Å². The number of piperidine rings is 1. The van der Waals surface area contributed by atoms with Crippen molar-refractivity contribution in [1.29, 1.82) is 0 Å². The van der Waals surface area contributed by atoms with Gasteiger partial charge in [0, 0.05) is 48.0 Å². The number of halogens is 1. The zero-order valence-corrected chi connectivity index (χ0v) is 20.3. The maximum Gasteiger partial charge on any atom is 0.251 e. The number of nitrogens with zero attached hydrogens (tertiary/aromatic N) is 1. The molecule has 1 saturated carbocycles. The van der Waals surface area contributed by atoms with E-state index < -0.39 is 23.0 Å². The van der Waals surface area contributed by atoms with Crippen molar-refractivity contribution in [3.05, 3.63) is 70.7 Å². The Balaban J connectivity index is 1.51. The number of benzene rings is 2. The Hall–Kier alpha value is -2.70. The SMILES string of the molecule is CC1(C)CN(C(=O)C2CC(=O)CCC2NC(=O)c2ccccc2)CCC1(O)c1ccc(Cl)cc1. The van der Waals surface area contributed by atoms with Crippen molar-refractivity contribution in [3.63, 3.8) is 0 Å². The molecule has 0 bridgehead atoms. The van der Waals surface area contributed by atoms with E-state index in [1.54, 1.807) is 41.3 Å². The number of carbonyl (C=O) groups is 3. The smallest absolute Gasteiger partial charge is 0.251 e. The molecule has 7 heteroatoms. The molecule has 1 saturated heterocycles. The molecule has 3 unspecified atom stereocenters. The van der Waals surface area contributed by atoms with Gasteiger partial charge in [0.05, 0.1) is 11.5 Å². The summed E-state index contributed by atoms with van der Waals surface area (Å²) in [7, 11) is 0. The number of carbonyl (C=O) groups excluding carboxylic acids is 3. The van der Waals surface area contributed by atoms with E-state index in [9.17, 15) is 19.5 Å². The summed E-state index contributed by atoms with van der Waals surface area (Å²) < 4.78 is 0. The lowest BCUT2D eigenvalue weighted by molar-refractivity contribution is -0.159. The van der Waals surface area contributed by atoms with Crippen LogP contribution >= 0.6 is 11.6 Å². The molecule has 2 aromatic rings. The van der Waals surface area contributed by atoms with Crippen LogP contribution in [-0.2, 0) is 15.2 Å². The summed E-state index contributed by atoms with van der Waals surface area (Å²) in [4.78, 5) is 40.4. The van der Waals surface area contributed by atoms with Gasteiger partial charge in [0.1, 0.15) is 5.78 Å². The molecule has 1 heterocycles. The highest BCUT2D eigenvalue weighted by Crippen LogP contribution is 2.46. The molecule has 34 heavy (non-hydrogen) atoms. The molecule has 0 aromatic heterocycles. The minimum atomic E-state index is -1.11. The zero-order chi connectivity index (χ0) is 24.5. The minimum Gasteiger partial charge on any atom is -0.384 e. The number of likely N-dealkylation sites (tertiary alicyclic amines) is 1. The molecule has 2 fully saturated rings. The third kappa shape index (κ3) is 4.75. The first-order chi connectivity index (χ1) is 16.1. The molecule has 0 radical (unpaired) electrons. The predicted molar refractivity (Wildman–Crippen MR) is 130 cm³/mol. The van der Waals surface area contributed by atoms with Crippen molar-refractivity contribution >= 4 is 29.2 Å². The fourth-order valence-corrected chi connectivity index (χ4v) is 5.41. The highest BCUT2D eigenvalue weighted by molar-refractivity contribution is 6.30. The highest BCUT2D eigenvalue weighted by atomic mass is 35.5. The maximum absolute atomic E-state index is 13.6. The summed E-state index contributed by atoms with van der Waals surface area (Å²) in [5.41, 5.74) is -0.444. The van der Waals surface area contributed by atoms with Crippen molar-refractivity contribution in [2.24, 2.45) is 11.3 Å². The fraction of sp³-hybridized carbons (Fsp3) is 0.444. The van der Waals surface area contributed by atoms with Crippen molar-refractivity contribution in [2.75, 3.05) is 13.1 Å². The summed E-state index contributed by atoms with van der Waals surface area (Å²) >= 11 is 6.03. The molecule has 2 N–H and O–H groups in total. The monoisotopic (exact) mass is 482 g/mol. The third-order valence-corrected chi connectivity index (χ3v) is 7.67. The summed E-state index contributed by atoms with van der Waals surface area (Å²) in [6.07, 6.45) is 1.29. The van der Waals surface area contributed by atoms with E-state index >= 15 is 0 Å². The second kappa shape index (κ2) is 9.51.